The van der Waals surface area contributed by atoms with Gasteiger partial charge in [-0.1, -0.05) is 19.0 Å². The number of carbonyl (C=O) groups is 1. The van der Waals surface area contributed by atoms with Crippen LogP contribution in [0.25, 0.3) is 0 Å². The lowest BCUT2D eigenvalue weighted by Crippen LogP contribution is -2.38. The van der Waals surface area contributed by atoms with Crippen LogP contribution in [0.1, 0.15) is 36.5 Å². The molecule has 1 aromatic heterocycles. The number of nitrogens with zero attached hydrogens (tertiary/aromatic N) is 1. The van der Waals surface area contributed by atoms with Gasteiger partial charge in [0.15, 0.2) is 0 Å². The zero-order valence-electron chi connectivity index (χ0n) is 9.86. The highest BCUT2D eigenvalue weighted by Gasteiger charge is 2.17. The van der Waals surface area contributed by atoms with E-state index < -0.39 is 0 Å². The van der Waals surface area contributed by atoms with Crippen LogP contribution in [0.3, 0.4) is 0 Å². The first-order chi connectivity index (χ1) is 7.52. The van der Waals surface area contributed by atoms with Crippen LogP contribution in [-0.4, -0.2) is 28.8 Å². The molecule has 0 aromatic carbocycles. The molecular weight excluding hydrogens is 208 g/mol. The molecule has 2 N–H and O–H groups in total. The third-order valence-corrected chi connectivity index (χ3v) is 2.16. The van der Waals surface area contributed by atoms with Crippen molar-refractivity contribution in [2.75, 3.05) is 6.61 Å². The molecule has 5 heteroatoms. The van der Waals surface area contributed by atoms with Crippen molar-refractivity contribution in [3.05, 3.63) is 17.5 Å². The lowest BCUT2D eigenvalue weighted by Gasteiger charge is -2.17. The van der Waals surface area contributed by atoms with E-state index in [1.54, 1.807) is 13.0 Å². The highest BCUT2D eigenvalue weighted by atomic mass is 16.5. The number of aromatic nitrogens is 1. The Kier molecular flexibility index (Phi) is 4.49. The maximum Gasteiger partial charge on any atom is 0.290 e. The Bertz CT molecular complexity index is 347. The Morgan fingerprint density at radius 3 is 2.75 bits per heavy atom. The Morgan fingerprint density at radius 1 is 1.62 bits per heavy atom. The lowest BCUT2D eigenvalue weighted by molar-refractivity contribution is 0.0871. The van der Waals surface area contributed by atoms with Crippen LogP contribution < -0.4 is 5.32 Å². The molecule has 1 rings (SSSR count). The predicted molar refractivity (Wildman–Crippen MR) is 59.0 cm³/mol. The number of aryl methyl sites for hydroxylation is 1. The van der Waals surface area contributed by atoms with Crippen LogP contribution in [0.5, 0.6) is 0 Å². The van der Waals surface area contributed by atoms with Gasteiger partial charge in [0.2, 0.25) is 5.76 Å². The van der Waals surface area contributed by atoms with Crippen molar-refractivity contribution in [2.24, 2.45) is 5.92 Å². The number of rotatable bonds is 5. The van der Waals surface area contributed by atoms with Crippen LogP contribution in [0.2, 0.25) is 0 Å². The number of hydrogen-bond acceptors (Lipinski definition) is 4. The zero-order valence-corrected chi connectivity index (χ0v) is 9.86. The molecule has 1 aromatic rings. The molecule has 0 fully saturated rings. The summed E-state index contributed by atoms with van der Waals surface area (Å²) in [5, 5.41) is 15.5. The Morgan fingerprint density at radius 2 is 2.31 bits per heavy atom. The maximum absolute atomic E-state index is 11.7. The summed E-state index contributed by atoms with van der Waals surface area (Å²) in [7, 11) is 0. The Labute approximate surface area is 94.8 Å². The van der Waals surface area contributed by atoms with Gasteiger partial charge in [0.1, 0.15) is 0 Å². The highest BCUT2D eigenvalue weighted by molar-refractivity contribution is 5.91. The zero-order chi connectivity index (χ0) is 12.1. The molecule has 0 spiro atoms. The SMILES string of the molecule is Cc1cc(C(=O)NC(CO)CC(C)C)on1. The maximum atomic E-state index is 11.7. The van der Waals surface area contributed by atoms with E-state index in [2.05, 4.69) is 10.5 Å². The van der Waals surface area contributed by atoms with Crippen molar-refractivity contribution < 1.29 is 14.4 Å². The summed E-state index contributed by atoms with van der Waals surface area (Å²) in [6, 6.07) is 1.33. The van der Waals surface area contributed by atoms with Gasteiger partial charge in [-0.15, -0.1) is 0 Å². The average Bonchev–Trinajstić information content (AvgIpc) is 2.63. The molecule has 90 valence electrons. The number of aliphatic hydroxyl groups excluding tert-OH is 1. The van der Waals surface area contributed by atoms with Gasteiger partial charge in [-0.05, 0) is 19.3 Å². The molecule has 1 atom stereocenters. The predicted octanol–water partition coefficient (Wildman–Crippen LogP) is 1.12. The molecule has 5 nitrogen and oxygen atoms in total. The molecule has 0 saturated carbocycles. The van der Waals surface area contributed by atoms with Crippen molar-refractivity contribution in [1.29, 1.82) is 0 Å². The third kappa shape index (κ3) is 3.66. The highest BCUT2D eigenvalue weighted by Crippen LogP contribution is 2.07. The summed E-state index contributed by atoms with van der Waals surface area (Å²) in [4.78, 5) is 11.7. The van der Waals surface area contributed by atoms with Gasteiger partial charge < -0.3 is 14.9 Å². The summed E-state index contributed by atoms with van der Waals surface area (Å²) in [5.74, 6) is 0.258. The smallest absolute Gasteiger partial charge is 0.290 e. The second kappa shape index (κ2) is 5.65. The fourth-order valence-corrected chi connectivity index (χ4v) is 1.48. The second-order valence-electron chi connectivity index (χ2n) is 4.32. The van der Waals surface area contributed by atoms with Crippen molar-refractivity contribution in [3.63, 3.8) is 0 Å². The fraction of sp³-hybridized carbons (Fsp3) is 0.636. The fourth-order valence-electron chi connectivity index (χ4n) is 1.48. The van der Waals surface area contributed by atoms with E-state index in [0.717, 1.165) is 6.42 Å². The summed E-state index contributed by atoms with van der Waals surface area (Å²) < 4.78 is 4.83. The molecule has 0 aliphatic heterocycles. The van der Waals surface area contributed by atoms with E-state index in [1.807, 2.05) is 13.8 Å². The minimum Gasteiger partial charge on any atom is -0.394 e. The largest absolute Gasteiger partial charge is 0.394 e. The molecule has 0 aliphatic carbocycles. The monoisotopic (exact) mass is 226 g/mol. The summed E-state index contributed by atoms with van der Waals surface area (Å²) in [5.41, 5.74) is 0.662. The second-order valence-corrected chi connectivity index (χ2v) is 4.32. The molecule has 1 heterocycles. The number of aliphatic hydroxyl groups is 1. The van der Waals surface area contributed by atoms with Gasteiger partial charge in [-0.25, -0.2) is 0 Å². The average molecular weight is 226 g/mol. The molecule has 0 saturated heterocycles. The van der Waals surface area contributed by atoms with E-state index in [9.17, 15) is 4.79 Å². The standard InChI is InChI=1S/C11H18N2O3/c1-7(2)4-9(6-14)12-11(15)10-5-8(3)13-16-10/h5,7,9,14H,4,6H2,1-3H3,(H,12,15). The summed E-state index contributed by atoms with van der Waals surface area (Å²) in [6.45, 7) is 5.75. The molecule has 0 aliphatic rings. The number of hydrogen-bond donors (Lipinski definition) is 2. The minimum absolute atomic E-state index is 0.0724. The van der Waals surface area contributed by atoms with Crippen molar-refractivity contribution >= 4 is 5.91 Å². The quantitative estimate of drug-likeness (QED) is 0.789. The lowest BCUT2D eigenvalue weighted by atomic mass is 10.0. The van der Waals surface area contributed by atoms with E-state index in [4.69, 9.17) is 9.63 Å². The van der Waals surface area contributed by atoms with Gasteiger partial charge in [0.05, 0.1) is 18.3 Å². The minimum atomic E-state index is -0.333. The van der Waals surface area contributed by atoms with Crippen LogP contribution >= 0.6 is 0 Å². The topological polar surface area (TPSA) is 75.4 Å². The third-order valence-electron chi connectivity index (χ3n) is 2.16. The van der Waals surface area contributed by atoms with E-state index in [1.165, 1.54) is 0 Å². The van der Waals surface area contributed by atoms with Crippen LogP contribution in [0.15, 0.2) is 10.6 Å². The first-order valence-corrected chi connectivity index (χ1v) is 5.38. The van der Waals surface area contributed by atoms with Crippen molar-refractivity contribution in [3.8, 4) is 0 Å². The van der Waals surface area contributed by atoms with Crippen molar-refractivity contribution in [2.45, 2.75) is 33.2 Å². The molecule has 16 heavy (non-hydrogen) atoms. The number of amides is 1. The van der Waals surface area contributed by atoms with Gasteiger partial charge in [-0.3, -0.25) is 4.79 Å². The number of nitrogens with one attached hydrogen (secondary N) is 1. The van der Waals surface area contributed by atoms with Gasteiger partial charge >= 0.3 is 0 Å². The normalized spacial score (nSPS) is 12.8. The Hall–Kier alpha value is -1.36. The van der Waals surface area contributed by atoms with Gasteiger partial charge in [0.25, 0.3) is 5.91 Å². The Balaban J connectivity index is 2.55. The van der Waals surface area contributed by atoms with E-state index >= 15 is 0 Å². The van der Waals surface area contributed by atoms with Crippen LogP contribution in [-0.2, 0) is 0 Å². The molecule has 0 bridgehead atoms. The van der Waals surface area contributed by atoms with E-state index in [-0.39, 0.29) is 24.3 Å². The van der Waals surface area contributed by atoms with Crippen LogP contribution in [0.4, 0.5) is 0 Å². The molecular formula is C11H18N2O3. The first-order valence-electron chi connectivity index (χ1n) is 5.38. The molecule has 1 amide bonds. The van der Waals surface area contributed by atoms with Crippen LogP contribution in [0, 0.1) is 12.8 Å². The number of carbonyl (C=O) groups excluding carboxylic acids is 1. The first kappa shape index (κ1) is 12.7. The molecule has 1 unspecified atom stereocenters. The van der Waals surface area contributed by atoms with E-state index in [0.29, 0.717) is 11.6 Å². The summed E-state index contributed by atoms with van der Waals surface area (Å²) >= 11 is 0. The van der Waals surface area contributed by atoms with Gasteiger partial charge in [-0.2, -0.15) is 0 Å². The van der Waals surface area contributed by atoms with Crippen molar-refractivity contribution in [1.82, 2.24) is 10.5 Å². The summed E-state index contributed by atoms with van der Waals surface area (Å²) in [6.07, 6.45) is 0.732. The van der Waals surface area contributed by atoms with Gasteiger partial charge in [0, 0.05) is 6.07 Å². The molecule has 0 radical (unpaired) electrons.